The fraction of sp³-hybridized carbons (Fsp3) is 0.429. The molecular weight excluding hydrogens is 276 g/mol. The van der Waals surface area contributed by atoms with Crippen LogP contribution in [0.2, 0.25) is 0 Å². The van der Waals surface area contributed by atoms with Crippen LogP contribution in [-0.2, 0) is 0 Å². The molecule has 0 aromatic heterocycles. The SMILES string of the molecule is CCSCCC(C)NC(=O)Nc1ccccc1C(=O)O. The summed E-state index contributed by atoms with van der Waals surface area (Å²) < 4.78 is 0. The maximum absolute atomic E-state index is 11.8. The second-order valence-electron chi connectivity index (χ2n) is 4.34. The number of aromatic carboxylic acids is 1. The second-order valence-corrected chi connectivity index (χ2v) is 5.73. The number of carbonyl (C=O) groups is 2. The molecule has 0 aliphatic heterocycles. The molecule has 0 radical (unpaired) electrons. The zero-order valence-corrected chi connectivity index (χ0v) is 12.5. The Morgan fingerprint density at radius 2 is 2.05 bits per heavy atom. The highest BCUT2D eigenvalue weighted by Crippen LogP contribution is 2.14. The van der Waals surface area contributed by atoms with E-state index in [4.69, 9.17) is 5.11 Å². The van der Waals surface area contributed by atoms with Gasteiger partial charge >= 0.3 is 12.0 Å². The lowest BCUT2D eigenvalue weighted by Crippen LogP contribution is -2.36. The molecule has 3 N–H and O–H groups in total. The number of urea groups is 1. The van der Waals surface area contributed by atoms with Crippen LogP contribution in [0.3, 0.4) is 0 Å². The summed E-state index contributed by atoms with van der Waals surface area (Å²) in [6.45, 7) is 4.03. The van der Waals surface area contributed by atoms with Gasteiger partial charge in [0.25, 0.3) is 0 Å². The Morgan fingerprint density at radius 3 is 2.70 bits per heavy atom. The third-order valence-corrected chi connectivity index (χ3v) is 3.62. The van der Waals surface area contributed by atoms with Crippen molar-refractivity contribution in [2.24, 2.45) is 0 Å². The Kier molecular flexibility index (Phi) is 6.93. The molecule has 0 aliphatic carbocycles. The molecule has 1 rings (SSSR count). The smallest absolute Gasteiger partial charge is 0.337 e. The summed E-state index contributed by atoms with van der Waals surface area (Å²) in [6.07, 6.45) is 0.881. The summed E-state index contributed by atoms with van der Waals surface area (Å²) in [5.41, 5.74) is 0.379. The van der Waals surface area contributed by atoms with Gasteiger partial charge in [0.1, 0.15) is 0 Å². The van der Waals surface area contributed by atoms with E-state index >= 15 is 0 Å². The number of amides is 2. The van der Waals surface area contributed by atoms with Crippen LogP contribution in [0.5, 0.6) is 0 Å². The number of thioether (sulfide) groups is 1. The van der Waals surface area contributed by atoms with Crippen molar-refractivity contribution in [2.75, 3.05) is 16.8 Å². The molecule has 0 fully saturated rings. The van der Waals surface area contributed by atoms with Crippen LogP contribution in [0.1, 0.15) is 30.6 Å². The average molecular weight is 296 g/mol. The topological polar surface area (TPSA) is 78.4 Å². The maximum atomic E-state index is 11.8. The third-order valence-electron chi connectivity index (χ3n) is 2.68. The van der Waals surface area contributed by atoms with Gasteiger partial charge < -0.3 is 15.7 Å². The molecule has 20 heavy (non-hydrogen) atoms. The van der Waals surface area contributed by atoms with Gasteiger partial charge in [0.05, 0.1) is 11.3 Å². The van der Waals surface area contributed by atoms with Gasteiger partial charge in [-0.25, -0.2) is 9.59 Å². The summed E-state index contributed by atoms with van der Waals surface area (Å²) in [6, 6.07) is 6.00. The van der Waals surface area contributed by atoms with Gasteiger partial charge in [-0.15, -0.1) is 0 Å². The molecule has 1 unspecified atom stereocenters. The van der Waals surface area contributed by atoms with Crippen molar-refractivity contribution < 1.29 is 14.7 Å². The molecule has 0 bridgehead atoms. The van der Waals surface area contributed by atoms with E-state index in [0.29, 0.717) is 5.69 Å². The first-order chi connectivity index (χ1) is 9.54. The van der Waals surface area contributed by atoms with Crippen molar-refractivity contribution >= 4 is 29.4 Å². The Labute approximate surface area is 123 Å². The lowest BCUT2D eigenvalue weighted by atomic mass is 10.2. The number of rotatable bonds is 7. The molecule has 0 spiro atoms. The minimum Gasteiger partial charge on any atom is -0.478 e. The van der Waals surface area contributed by atoms with Gasteiger partial charge in [0, 0.05) is 6.04 Å². The number of para-hydroxylation sites is 1. The highest BCUT2D eigenvalue weighted by atomic mass is 32.2. The molecular formula is C14H20N2O3S. The van der Waals surface area contributed by atoms with E-state index in [2.05, 4.69) is 17.6 Å². The van der Waals surface area contributed by atoms with E-state index in [1.165, 1.54) is 6.07 Å². The number of carbonyl (C=O) groups excluding carboxylic acids is 1. The van der Waals surface area contributed by atoms with Gasteiger partial charge in [-0.1, -0.05) is 19.1 Å². The Balaban J connectivity index is 2.52. The molecule has 0 heterocycles. The lowest BCUT2D eigenvalue weighted by Gasteiger charge is -2.15. The summed E-state index contributed by atoms with van der Waals surface area (Å²) >= 11 is 1.82. The highest BCUT2D eigenvalue weighted by molar-refractivity contribution is 7.99. The van der Waals surface area contributed by atoms with E-state index in [1.54, 1.807) is 18.2 Å². The predicted molar refractivity (Wildman–Crippen MR) is 82.6 cm³/mol. The monoisotopic (exact) mass is 296 g/mol. The van der Waals surface area contributed by atoms with Crippen LogP contribution in [-0.4, -0.2) is 34.7 Å². The van der Waals surface area contributed by atoms with Crippen molar-refractivity contribution in [3.8, 4) is 0 Å². The Hall–Kier alpha value is -1.69. The van der Waals surface area contributed by atoms with Crippen molar-refractivity contribution in [2.45, 2.75) is 26.3 Å². The van der Waals surface area contributed by atoms with Crippen molar-refractivity contribution in [3.63, 3.8) is 0 Å². The molecule has 0 saturated carbocycles. The molecule has 2 amide bonds. The minimum absolute atomic E-state index is 0.0473. The van der Waals surface area contributed by atoms with E-state index in [1.807, 2.05) is 18.7 Å². The zero-order chi connectivity index (χ0) is 15.0. The van der Waals surface area contributed by atoms with E-state index < -0.39 is 5.97 Å². The van der Waals surface area contributed by atoms with Crippen LogP contribution < -0.4 is 10.6 Å². The maximum Gasteiger partial charge on any atom is 0.337 e. The predicted octanol–water partition coefficient (Wildman–Crippen LogP) is 3.04. The largest absolute Gasteiger partial charge is 0.478 e. The molecule has 1 aromatic rings. The van der Waals surface area contributed by atoms with Crippen molar-refractivity contribution in [1.82, 2.24) is 5.32 Å². The summed E-state index contributed by atoms with van der Waals surface area (Å²) in [5.74, 6) is 0.988. The molecule has 5 nitrogen and oxygen atoms in total. The fourth-order valence-electron chi connectivity index (χ4n) is 1.64. The molecule has 110 valence electrons. The van der Waals surface area contributed by atoms with Crippen LogP contribution in [0.4, 0.5) is 10.5 Å². The highest BCUT2D eigenvalue weighted by Gasteiger charge is 2.12. The number of hydrogen-bond acceptors (Lipinski definition) is 3. The molecule has 6 heteroatoms. The van der Waals surface area contributed by atoms with Gasteiger partial charge in [0.15, 0.2) is 0 Å². The average Bonchev–Trinajstić information content (AvgIpc) is 2.39. The van der Waals surface area contributed by atoms with Crippen molar-refractivity contribution in [1.29, 1.82) is 0 Å². The summed E-state index contributed by atoms with van der Waals surface area (Å²) in [7, 11) is 0. The molecule has 1 atom stereocenters. The van der Waals surface area contributed by atoms with Crippen LogP contribution in [0.25, 0.3) is 0 Å². The number of carboxylic acid groups (broad SMARTS) is 1. The first kappa shape index (κ1) is 16.4. The Morgan fingerprint density at radius 1 is 1.35 bits per heavy atom. The van der Waals surface area contributed by atoms with E-state index in [0.717, 1.165) is 17.9 Å². The minimum atomic E-state index is -1.06. The van der Waals surface area contributed by atoms with Gasteiger partial charge in [-0.05, 0) is 37.0 Å². The second kappa shape index (κ2) is 8.47. The van der Waals surface area contributed by atoms with Crippen LogP contribution in [0.15, 0.2) is 24.3 Å². The number of carboxylic acids is 1. The zero-order valence-electron chi connectivity index (χ0n) is 11.7. The van der Waals surface area contributed by atoms with Gasteiger partial charge in [0.2, 0.25) is 0 Å². The van der Waals surface area contributed by atoms with E-state index in [-0.39, 0.29) is 17.6 Å². The normalized spacial score (nSPS) is 11.7. The third kappa shape index (κ3) is 5.52. The first-order valence-corrected chi connectivity index (χ1v) is 7.67. The molecule has 0 aliphatic rings. The number of hydrogen-bond donors (Lipinski definition) is 3. The fourth-order valence-corrected chi connectivity index (χ4v) is 2.45. The van der Waals surface area contributed by atoms with Gasteiger partial charge in [-0.3, -0.25) is 0 Å². The quantitative estimate of drug-likeness (QED) is 0.676. The number of benzene rings is 1. The molecule has 0 saturated heterocycles. The van der Waals surface area contributed by atoms with E-state index in [9.17, 15) is 9.59 Å². The van der Waals surface area contributed by atoms with Crippen molar-refractivity contribution in [3.05, 3.63) is 29.8 Å². The van der Waals surface area contributed by atoms with Gasteiger partial charge in [-0.2, -0.15) is 11.8 Å². The Bertz CT molecular complexity index is 465. The summed E-state index contributed by atoms with van der Waals surface area (Å²) in [4.78, 5) is 22.8. The van der Waals surface area contributed by atoms with Crippen LogP contribution >= 0.6 is 11.8 Å². The number of anilines is 1. The summed E-state index contributed by atoms with van der Waals surface area (Å²) in [5, 5.41) is 14.4. The standard InChI is InChI=1S/C14H20N2O3S/c1-3-20-9-8-10(2)15-14(19)16-12-7-5-4-6-11(12)13(17)18/h4-7,10H,3,8-9H2,1-2H3,(H,17,18)(H2,15,16,19). The number of nitrogens with one attached hydrogen (secondary N) is 2. The molecule has 1 aromatic carbocycles. The lowest BCUT2D eigenvalue weighted by molar-refractivity contribution is 0.0698. The van der Waals surface area contributed by atoms with Crippen LogP contribution in [0, 0.1) is 0 Å². The first-order valence-electron chi connectivity index (χ1n) is 6.52.